The minimum atomic E-state index is -1.03. The average Bonchev–Trinajstić information content (AvgIpc) is 3.32. The highest BCUT2D eigenvalue weighted by molar-refractivity contribution is 7.07. The van der Waals surface area contributed by atoms with Gasteiger partial charge in [0.05, 0.1) is 43.6 Å². The summed E-state index contributed by atoms with van der Waals surface area (Å²) >= 11 is 1.38. The van der Waals surface area contributed by atoms with Crippen molar-refractivity contribution < 1.29 is 33.2 Å². The minimum absolute atomic E-state index is 0.0541. The van der Waals surface area contributed by atoms with Crippen LogP contribution >= 0.6 is 11.3 Å². The lowest BCUT2D eigenvalue weighted by Crippen LogP contribution is -2.57. The standard InChI is InChI=1S/C30H44N6O7S/c1-18(2)10-22(26(37)30(5)16-42-30)32-28(39)24(12-20-15-44-17-31-20)34-27(38)23(11-19(3)4)33-29(40)25-13-21(43-35-25)14-36-6-8-41-9-7-36/h13,15,17-19,22-24H,6-12,14,16H2,1-5H3,(H,32,39)(H,33,40)(H,34,38)/t22?,23?,24-,30?/m0/s1. The SMILES string of the molecule is CC(C)CC(NC(=O)c1cc(CN2CCOCC2)on1)C(=O)N[C@@H](Cc1cscn1)C(=O)NC(CC(C)C)C(=O)C1(C)CO1. The number of epoxide rings is 1. The smallest absolute Gasteiger partial charge is 0.274 e. The first-order chi connectivity index (χ1) is 20.9. The molecule has 4 atom stereocenters. The highest BCUT2D eigenvalue weighted by Gasteiger charge is 2.50. The lowest BCUT2D eigenvalue weighted by molar-refractivity contribution is -0.133. The topological polar surface area (TPSA) is 168 Å². The molecule has 2 fully saturated rings. The molecule has 14 heteroatoms. The number of aromatic nitrogens is 2. The summed E-state index contributed by atoms with van der Waals surface area (Å²) < 4.78 is 16.1. The molecule has 3 amide bonds. The monoisotopic (exact) mass is 632 g/mol. The normalized spacial score (nSPS) is 20.6. The number of morpholine rings is 1. The molecule has 2 aliphatic heterocycles. The Balaban J connectivity index is 1.45. The van der Waals surface area contributed by atoms with Crippen LogP contribution in [-0.2, 0) is 36.8 Å². The number of Topliss-reactive ketones (excluding diaryl/α,β-unsaturated/α-hetero) is 1. The maximum Gasteiger partial charge on any atom is 0.274 e. The van der Waals surface area contributed by atoms with Crippen LogP contribution in [0.2, 0.25) is 0 Å². The van der Waals surface area contributed by atoms with Crippen molar-refractivity contribution in [1.29, 1.82) is 0 Å². The van der Waals surface area contributed by atoms with Gasteiger partial charge in [-0.15, -0.1) is 11.3 Å². The van der Waals surface area contributed by atoms with Gasteiger partial charge in [0.1, 0.15) is 17.7 Å². The van der Waals surface area contributed by atoms with Crippen LogP contribution in [0.25, 0.3) is 0 Å². The van der Waals surface area contributed by atoms with Crippen LogP contribution in [0.5, 0.6) is 0 Å². The van der Waals surface area contributed by atoms with Crippen molar-refractivity contribution in [3.8, 4) is 0 Å². The molecule has 44 heavy (non-hydrogen) atoms. The van der Waals surface area contributed by atoms with Crippen LogP contribution in [-0.4, -0.2) is 95.2 Å². The first kappa shape index (κ1) is 33.7. The number of amides is 3. The zero-order valence-electron chi connectivity index (χ0n) is 26.1. The highest BCUT2D eigenvalue weighted by atomic mass is 32.1. The Labute approximate surface area is 261 Å². The van der Waals surface area contributed by atoms with Gasteiger partial charge in [-0.25, -0.2) is 4.98 Å². The summed E-state index contributed by atoms with van der Waals surface area (Å²) in [6.45, 7) is 13.1. The third kappa shape index (κ3) is 9.65. The summed E-state index contributed by atoms with van der Waals surface area (Å²) in [6.07, 6.45) is 0.872. The highest BCUT2D eigenvalue weighted by Crippen LogP contribution is 2.29. The zero-order valence-corrected chi connectivity index (χ0v) is 26.9. The first-order valence-electron chi connectivity index (χ1n) is 15.2. The lowest BCUT2D eigenvalue weighted by atomic mass is 9.93. The lowest BCUT2D eigenvalue weighted by Gasteiger charge is -2.26. The van der Waals surface area contributed by atoms with E-state index in [0.29, 0.717) is 50.7 Å². The van der Waals surface area contributed by atoms with Crippen LogP contribution in [0.3, 0.4) is 0 Å². The Hall–Kier alpha value is -3.20. The number of ketones is 1. The fourth-order valence-corrected chi connectivity index (χ4v) is 5.60. The van der Waals surface area contributed by atoms with Crippen LogP contribution in [0, 0.1) is 11.8 Å². The Morgan fingerprint density at radius 1 is 0.977 bits per heavy atom. The van der Waals surface area contributed by atoms with Crippen molar-refractivity contribution in [2.45, 2.75) is 84.2 Å². The molecular weight excluding hydrogens is 588 g/mol. The summed E-state index contributed by atoms with van der Waals surface area (Å²) in [5, 5.41) is 14.2. The molecular formula is C30H44N6O7S. The van der Waals surface area contributed by atoms with Crippen molar-refractivity contribution in [3.05, 3.63) is 34.1 Å². The van der Waals surface area contributed by atoms with Crippen molar-refractivity contribution in [2.24, 2.45) is 11.8 Å². The molecule has 3 N–H and O–H groups in total. The van der Waals surface area contributed by atoms with E-state index in [-0.39, 0.29) is 29.7 Å². The fraction of sp³-hybridized carbons (Fsp3) is 0.667. The number of thiazole rings is 1. The summed E-state index contributed by atoms with van der Waals surface area (Å²) in [4.78, 5) is 60.0. The zero-order chi connectivity index (χ0) is 31.9. The van der Waals surface area contributed by atoms with E-state index in [2.05, 4.69) is 31.0 Å². The summed E-state index contributed by atoms with van der Waals surface area (Å²) in [6, 6.07) is -1.17. The second-order valence-electron chi connectivity index (χ2n) is 12.5. The number of carbonyl (C=O) groups excluding carboxylic acids is 4. The van der Waals surface area contributed by atoms with Crippen LogP contribution in [0.4, 0.5) is 0 Å². The summed E-state index contributed by atoms with van der Waals surface area (Å²) in [7, 11) is 0. The van der Waals surface area contributed by atoms with E-state index in [1.807, 2.05) is 27.7 Å². The van der Waals surface area contributed by atoms with E-state index in [4.69, 9.17) is 14.0 Å². The van der Waals surface area contributed by atoms with E-state index in [1.54, 1.807) is 23.9 Å². The van der Waals surface area contributed by atoms with Gasteiger partial charge in [-0.1, -0.05) is 32.9 Å². The second kappa shape index (κ2) is 15.2. The largest absolute Gasteiger partial charge is 0.379 e. The third-order valence-corrected chi connectivity index (χ3v) is 8.21. The van der Waals surface area contributed by atoms with Gasteiger partial charge in [-0.2, -0.15) is 0 Å². The molecule has 0 aliphatic carbocycles. The van der Waals surface area contributed by atoms with Gasteiger partial charge in [-0.3, -0.25) is 24.1 Å². The van der Waals surface area contributed by atoms with Gasteiger partial charge in [0.2, 0.25) is 11.8 Å². The number of ether oxygens (including phenoxy) is 2. The van der Waals surface area contributed by atoms with Gasteiger partial charge >= 0.3 is 0 Å². The Bertz CT molecular complexity index is 1270. The van der Waals surface area contributed by atoms with Gasteiger partial charge in [0.25, 0.3) is 5.91 Å². The van der Waals surface area contributed by atoms with E-state index in [1.165, 1.54) is 11.3 Å². The maximum absolute atomic E-state index is 13.7. The van der Waals surface area contributed by atoms with Gasteiger partial charge in [0, 0.05) is 31.0 Å². The number of hydrogen-bond acceptors (Lipinski definition) is 11. The van der Waals surface area contributed by atoms with Crippen LogP contribution in [0.15, 0.2) is 21.5 Å². The van der Waals surface area contributed by atoms with Crippen LogP contribution in [0.1, 0.15) is 69.4 Å². The molecule has 0 radical (unpaired) electrons. The number of rotatable bonds is 16. The molecule has 242 valence electrons. The van der Waals surface area contributed by atoms with Gasteiger partial charge in [0.15, 0.2) is 17.2 Å². The van der Waals surface area contributed by atoms with E-state index in [9.17, 15) is 19.2 Å². The molecule has 0 aromatic carbocycles. The fourth-order valence-electron chi connectivity index (χ4n) is 5.03. The van der Waals surface area contributed by atoms with Crippen molar-refractivity contribution >= 4 is 34.8 Å². The van der Waals surface area contributed by atoms with Crippen molar-refractivity contribution in [2.75, 3.05) is 32.9 Å². The Kier molecular flexibility index (Phi) is 11.6. The molecule has 3 unspecified atom stereocenters. The molecule has 4 heterocycles. The number of carbonyl (C=O) groups is 4. The van der Waals surface area contributed by atoms with Crippen molar-refractivity contribution in [1.82, 2.24) is 31.0 Å². The average molecular weight is 633 g/mol. The molecule has 0 spiro atoms. The quantitative estimate of drug-likeness (QED) is 0.232. The molecule has 2 saturated heterocycles. The van der Waals surface area contributed by atoms with Gasteiger partial charge in [-0.05, 0) is 31.6 Å². The molecule has 4 rings (SSSR count). The van der Waals surface area contributed by atoms with Crippen molar-refractivity contribution in [3.63, 3.8) is 0 Å². The predicted molar refractivity (Wildman–Crippen MR) is 162 cm³/mol. The minimum Gasteiger partial charge on any atom is -0.379 e. The molecule has 2 aliphatic rings. The molecule has 2 aromatic rings. The Morgan fingerprint density at radius 2 is 1.61 bits per heavy atom. The molecule has 2 aromatic heterocycles. The molecule has 0 saturated carbocycles. The summed E-state index contributed by atoms with van der Waals surface area (Å²) in [5.74, 6) is -1.05. The number of nitrogens with zero attached hydrogens (tertiary/aromatic N) is 3. The Morgan fingerprint density at radius 3 is 2.23 bits per heavy atom. The third-order valence-electron chi connectivity index (χ3n) is 7.57. The second-order valence-corrected chi connectivity index (χ2v) is 13.3. The maximum atomic E-state index is 13.7. The van der Waals surface area contributed by atoms with E-state index >= 15 is 0 Å². The summed E-state index contributed by atoms with van der Waals surface area (Å²) in [5.41, 5.74) is 1.43. The number of hydrogen-bond donors (Lipinski definition) is 3. The van der Waals surface area contributed by atoms with E-state index < -0.39 is 41.4 Å². The number of nitrogens with one attached hydrogen (secondary N) is 3. The molecule has 13 nitrogen and oxygen atoms in total. The molecule has 0 bridgehead atoms. The van der Waals surface area contributed by atoms with Crippen LogP contribution < -0.4 is 16.0 Å². The van der Waals surface area contributed by atoms with E-state index in [0.717, 1.165) is 13.1 Å². The predicted octanol–water partition coefficient (Wildman–Crippen LogP) is 1.72. The first-order valence-corrected chi connectivity index (χ1v) is 16.1. The van der Waals surface area contributed by atoms with Gasteiger partial charge < -0.3 is 29.9 Å².